The predicted molar refractivity (Wildman–Crippen MR) is 265 cm³/mol. The molecule has 1 saturated carbocycles. The molecule has 0 radical (unpaired) electrons. The molecule has 0 N–H and O–H groups in total. The van der Waals surface area contributed by atoms with Crippen LogP contribution in [0.1, 0.15) is 213 Å². The first-order valence-electron chi connectivity index (χ1n) is 24.7. The molecule has 1 aliphatic heterocycles. The number of allylic oxidation sites excluding steroid dienone is 2. The molecule has 0 amide bonds. The number of benzene rings is 4. The molecule has 0 bridgehead atoms. The third-order valence-corrected chi connectivity index (χ3v) is 32.9. The second kappa shape index (κ2) is 18.5. The van der Waals surface area contributed by atoms with E-state index >= 15 is 0 Å². The van der Waals surface area contributed by atoms with E-state index in [2.05, 4.69) is 182 Å². The quantitative estimate of drug-likeness (QED) is 0.149. The van der Waals surface area contributed by atoms with Crippen LogP contribution in [0.15, 0.2) is 83.9 Å². The molecule has 4 aromatic rings. The topological polar surface area (TPSA) is 0 Å². The van der Waals surface area contributed by atoms with Gasteiger partial charge in [-0.1, -0.05) is 0 Å². The molecule has 0 nitrogen and oxygen atoms in total. The first-order valence-corrected chi connectivity index (χ1v) is 30.4. The van der Waals surface area contributed by atoms with Gasteiger partial charge >= 0.3 is 380 Å². The van der Waals surface area contributed by atoms with Gasteiger partial charge in [0.25, 0.3) is 0 Å². The standard InChI is InChI=1S/2C27H35.C6H10.2ClH.Zr/c2*1-8-9-11-19-14-20-12-10-13-24(25(20)15-19)21-16-22(26(2,3)4)18-23(17-21)27(5,6)7;1-2-4-6-5-3-1;;;/h2*10,12-18H,8-9,11H2,1-7H3;1-2H,3-6H2;2*1H;/q;;;;;+2/p-2. The monoisotopic (exact) mass is 960 g/mol. The number of unbranched alkanes of at least 4 members (excludes halogenated alkanes) is 2. The van der Waals surface area contributed by atoms with Crippen LogP contribution in [0, 0.1) is 0 Å². The predicted octanol–water partition coefficient (Wildman–Crippen LogP) is 12.5. The van der Waals surface area contributed by atoms with Crippen molar-refractivity contribution in [3.05, 3.63) is 128 Å². The first-order chi connectivity index (χ1) is 28.7. The van der Waals surface area contributed by atoms with E-state index in [1.165, 1.54) is 109 Å². The summed E-state index contributed by atoms with van der Waals surface area (Å²) in [6, 6.07) is 30.3. The van der Waals surface area contributed by atoms with Gasteiger partial charge in [0.05, 0.1) is 0 Å². The van der Waals surface area contributed by atoms with Crippen molar-refractivity contribution >= 4 is 12.2 Å². The van der Waals surface area contributed by atoms with Crippen LogP contribution in [0.3, 0.4) is 0 Å². The molecule has 4 unspecified atom stereocenters. The van der Waals surface area contributed by atoms with Crippen molar-refractivity contribution in [2.45, 2.75) is 197 Å². The summed E-state index contributed by atoms with van der Waals surface area (Å²) in [5, 5.41) is 0. The van der Waals surface area contributed by atoms with Crippen LogP contribution < -0.4 is 24.8 Å². The van der Waals surface area contributed by atoms with Crippen molar-refractivity contribution in [2.24, 2.45) is 0 Å². The molecule has 0 spiro atoms. The molecule has 8 rings (SSSR count). The molecule has 1 saturated heterocycles. The van der Waals surface area contributed by atoms with Crippen LogP contribution in [0.2, 0.25) is 7.25 Å². The summed E-state index contributed by atoms with van der Waals surface area (Å²) in [6.07, 6.45) is 19.0. The van der Waals surface area contributed by atoms with E-state index in [4.69, 9.17) is 0 Å². The van der Waals surface area contributed by atoms with Gasteiger partial charge in [-0.25, -0.2) is 0 Å². The van der Waals surface area contributed by atoms with Crippen LogP contribution in [-0.4, -0.2) is 0 Å². The fourth-order valence-electron chi connectivity index (χ4n) is 12.3. The summed E-state index contributed by atoms with van der Waals surface area (Å²) in [5.41, 5.74) is 22.2. The minimum atomic E-state index is -3.22. The van der Waals surface area contributed by atoms with E-state index in [-0.39, 0.29) is 46.5 Å². The summed E-state index contributed by atoms with van der Waals surface area (Å²) in [4.78, 5) is 0. The van der Waals surface area contributed by atoms with Crippen molar-refractivity contribution in [3.63, 3.8) is 0 Å². The zero-order valence-electron chi connectivity index (χ0n) is 41.7. The largest absolute Gasteiger partial charge is 1.00 e. The summed E-state index contributed by atoms with van der Waals surface area (Å²) in [6.45, 7) is 33.5. The average molecular weight is 963 g/mol. The maximum absolute atomic E-state index is 3.22. The third-order valence-electron chi connectivity index (χ3n) is 15.8. The van der Waals surface area contributed by atoms with Crippen molar-refractivity contribution in [1.29, 1.82) is 0 Å². The number of hydrogen-bond acceptors (Lipinski definition) is 0. The van der Waals surface area contributed by atoms with Gasteiger partial charge in [0, 0.05) is 0 Å². The third kappa shape index (κ3) is 9.28. The van der Waals surface area contributed by atoms with E-state index in [1.54, 1.807) is 22.3 Å². The van der Waals surface area contributed by atoms with E-state index in [1.807, 2.05) is 11.1 Å². The zero-order chi connectivity index (χ0) is 43.9. The summed E-state index contributed by atoms with van der Waals surface area (Å²) in [5.74, 6) is 0. The Hall–Kier alpha value is -2.18. The van der Waals surface area contributed by atoms with Gasteiger partial charge in [-0.05, 0) is 0 Å². The Morgan fingerprint density at radius 3 is 1.11 bits per heavy atom. The van der Waals surface area contributed by atoms with Crippen molar-refractivity contribution in [2.75, 3.05) is 0 Å². The fourth-order valence-corrected chi connectivity index (χ4v) is 35.5. The molecule has 4 atom stereocenters. The summed E-state index contributed by atoms with van der Waals surface area (Å²) >= 11 is -3.22. The fraction of sp³-hybridized carbons (Fsp3) is 0.533. The second-order valence-electron chi connectivity index (χ2n) is 24.2. The van der Waals surface area contributed by atoms with Crippen LogP contribution in [-0.2, 0) is 41.9 Å². The Morgan fingerprint density at radius 2 is 0.810 bits per heavy atom. The first kappa shape index (κ1) is 50.2. The molecule has 3 aliphatic carbocycles. The molecule has 3 heteroatoms. The Balaban J connectivity index is 0.00000330. The second-order valence-corrected chi connectivity index (χ2v) is 35.6. The van der Waals surface area contributed by atoms with E-state index in [0.717, 1.165) is 7.25 Å². The van der Waals surface area contributed by atoms with Crippen LogP contribution in [0.5, 0.6) is 0 Å². The van der Waals surface area contributed by atoms with Crippen LogP contribution in [0.4, 0.5) is 0 Å². The maximum Gasteiger partial charge on any atom is -1.00 e. The van der Waals surface area contributed by atoms with Gasteiger partial charge in [-0.3, -0.25) is 0 Å². The molecular weight excluding hydrogens is 883 g/mol. The molecule has 4 aliphatic rings. The number of fused-ring (bicyclic) bond motifs is 3. The number of hydrogen-bond donors (Lipinski definition) is 0. The minimum Gasteiger partial charge on any atom is -1.00 e. The smallest absolute Gasteiger partial charge is 1.00 e. The van der Waals surface area contributed by atoms with Gasteiger partial charge in [-0.15, -0.1) is 0 Å². The normalized spacial score (nSPS) is 21.9. The Kier molecular flexibility index (Phi) is 14.7. The van der Waals surface area contributed by atoms with Gasteiger partial charge in [-0.2, -0.15) is 0 Å². The van der Waals surface area contributed by atoms with Gasteiger partial charge in [0.15, 0.2) is 0 Å². The molecule has 0 aromatic heterocycles. The molecular formula is C60H80Cl2Zr. The van der Waals surface area contributed by atoms with Gasteiger partial charge in [0.1, 0.15) is 0 Å². The van der Waals surface area contributed by atoms with E-state index in [9.17, 15) is 0 Å². The minimum absolute atomic E-state index is 0. The van der Waals surface area contributed by atoms with Crippen LogP contribution in [0.25, 0.3) is 34.4 Å². The zero-order valence-corrected chi connectivity index (χ0v) is 45.7. The van der Waals surface area contributed by atoms with Crippen molar-refractivity contribution < 1.29 is 45.1 Å². The molecule has 2 fully saturated rings. The summed E-state index contributed by atoms with van der Waals surface area (Å²) < 4.78 is 3.28. The summed E-state index contributed by atoms with van der Waals surface area (Å²) in [7, 11) is 0. The van der Waals surface area contributed by atoms with Gasteiger partial charge < -0.3 is 24.8 Å². The molecule has 63 heavy (non-hydrogen) atoms. The average Bonchev–Trinajstić information content (AvgIpc) is 3.47. The van der Waals surface area contributed by atoms with E-state index < -0.39 is 20.3 Å². The van der Waals surface area contributed by atoms with E-state index in [0.29, 0.717) is 7.25 Å². The Labute approximate surface area is 402 Å². The van der Waals surface area contributed by atoms with Crippen molar-refractivity contribution in [3.8, 4) is 22.3 Å². The van der Waals surface area contributed by atoms with Crippen LogP contribution >= 0.6 is 0 Å². The Morgan fingerprint density at radius 1 is 0.476 bits per heavy atom. The SMILES string of the molecule is CCCCC1=Cc2c(-c3cc(C(C)(C)C)cc(C(C)(C)C)c3)cccc2[CH]1[Zr+2]1([CH]2C(CCCC)=Cc3c(-c4cc(C(C)(C)C)cc(C(C)(C)C)c4)cccc32)[CH]2CCCC[CH]21.[Cl-].[Cl-]. The Bertz CT molecular complexity index is 2130. The van der Waals surface area contributed by atoms with Crippen molar-refractivity contribution in [1.82, 2.24) is 0 Å². The molecule has 1 heterocycles. The number of halogens is 2. The van der Waals surface area contributed by atoms with Gasteiger partial charge in [0.2, 0.25) is 0 Å². The number of rotatable bonds is 10. The molecule has 4 aromatic carbocycles. The maximum atomic E-state index is 2.79. The molecule has 338 valence electrons.